The molecule has 1 amide bonds. The average Bonchev–Trinajstić information content (AvgIpc) is 2.95. The van der Waals surface area contributed by atoms with Crippen molar-refractivity contribution < 1.29 is 4.79 Å². The topological polar surface area (TPSA) is 32.3 Å². The number of nitrogens with one attached hydrogen (secondary N) is 1. The van der Waals surface area contributed by atoms with Crippen molar-refractivity contribution in [2.75, 3.05) is 5.75 Å². The van der Waals surface area contributed by atoms with Crippen molar-refractivity contribution in [3.05, 3.63) is 0 Å². The third-order valence-corrected chi connectivity index (χ3v) is 6.33. The molecule has 3 aliphatic rings. The third kappa shape index (κ3) is 2.50. The predicted octanol–water partition coefficient (Wildman–Crippen LogP) is 3.00. The molecule has 1 spiro atoms. The molecule has 3 atom stereocenters. The molecule has 1 saturated heterocycles. The summed E-state index contributed by atoms with van der Waals surface area (Å²) < 4.78 is 0. The van der Waals surface area contributed by atoms with Crippen molar-refractivity contribution in [3.63, 3.8) is 0 Å². The molecule has 20 heavy (non-hydrogen) atoms. The molecule has 2 saturated carbocycles. The van der Waals surface area contributed by atoms with Crippen molar-refractivity contribution in [2.45, 2.75) is 82.3 Å². The molecular formula is C16H28N2OS. The van der Waals surface area contributed by atoms with Gasteiger partial charge in [-0.1, -0.05) is 27.2 Å². The highest BCUT2D eigenvalue weighted by Crippen LogP contribution is 2.46. The van der Waals surface area contributed by atoms with Crippen LogP contribution < -0.4 is 5.32 Å². The number of thioether (sulfide) groups is 1. The van der Waals surface area contributed by atoms with Gasteiger partial charge in [-0.05, 0) is 43.8 Å². The van der Waals surface area contributed by atoms with E-state index in [0.29, 0.717) is 23.1 Å². The number of hydrogen-bond acceptors (Lipinski definition) is 3. The van der Waals surface area contributed by atoms with Crippen molar-refractivity contribution in [1.82, 2.24) is 10.2 Å². The van der Waals surface area contributed by atoms with E-state index in [1.165, 1.54) is 19.3 Å². The first-order chi connectivity index (χ1) is 9.57. The van der Waals surface area contributed by atoms with Gasteiger partial charge >= 0.3 is 0 Å². The van der Waals surface area contributed by atoms with Gasteiger partial charge < -0.3 is 4.90 Å². The van der Waals surface area contributed by atoms with Gasteiger partial charge in [0.1, 0.15) is 0 Å². The van der Waals surface area contributed by atoms with E-state index in [4.69, 9.17) is 0 Å². The SMILES string of the molecule is CCSC1CCCC1N1C(=O)C2(CC2)NC1CC(C)C. The summed E-state index contributed by atoms with van der Waals surface area (Å²) in [7, 11) is 0. The minimum Gasteiger partial charge on any atom is -0.321 e. The minimum atomic E-state index is -0.149. The first-order valence-electron chi connectivity index (χ1n) is 8.29. The molecule has 4 heteroatoms. The fourth-order valence-corrected chi connectivity index (χ4v) is 5.21. The fourth-order valence-electron chi connectivity index (χ4n) is 3.96. The minimum absolute atomic E-state index is 0.149. The van der Waals surface area contributed by atoms with E-state index >= 15 is 0 Å². The second-order valence-electron chi connectivity index (χ2n) is 7.08. The fraction of sp³-hybridized carbons (Fsp3) is 0.938. The van der Waals surface area contributed by atoms with E-state index in [1.807, 2.05) is 0 Å². The summed E-state index contributed by atoms with van der Waals surface area (Å²) in [5, 5.41) is 4.34. The highest BCUT2D eigenvalue weighted by Gasteiger charge is 2.60. The molecule has 114 valence electrons. The van der Waals surface area contributed by atoms with Crippen LogP contribution in [0.4, 0.5) is 0 Å². The molecule has 0 aromatic carbocycles. The molecule has 1 N–H and O–H groups in total. The Bertz CT molecular complexity index is 381. The largest absolute Gasteiger partial charge is 0.321 e. The van der Waals surface area contributed by atoms with Crippen LogP contribution in [0.25, 0.3) is 0 Å². The van der Waals surface area contributed by atoms with E-state index in [1.54, 1.807) is 0 Å². The number of hydrogen-bond donors (Lipinski definition) is 1. The van der Waals surface area contributed by atoms with Gasteiger partial charge in [-0.15, -0.1) is 0 Å². The first kappa shape index (κ1) is 14.7. The zero-order chi connectivity index (χ0) is 14.3. The van der Waals surface area contributed by atoms with E-state index in [-0.39, 0.29) is 11.7 Å². The van der Waals surface area contributed by atoms with Gasteiger partial charge in [-0.25, -0.2) is 0 Å². The highest BCUT2D eigenvalue weighted by molar-refractivity contribution is 7.99. The summed E-state index contributed by atoms with van der Waals surface area (Å²) in [6, 6.07) is 0.476. The molecule has 0 aromatic heterocycles. The van der Waals surface area contributed by atoms with Crippen molar-refractivity contribution in [1.29, 1.82) is 0 Å². The lowest BCUT2D eigenvalue weighted by atomic mass is 10.1. The van der Waals surface area contributed by atoms with Crippen LogP contribution in [0.2, 0.25) is 0 Å². The van der Waals surface area contributed by atoms with Crippen LogP contribution in [-0.4, -0.2) is 39.6 Å². The lowest BCUT2D eigenvalue weighted by molar-refractivity contribution is -0.133. The molecule has 3 unspecified atom stereocenters. The smallest absolute Gasteiger partial charge is 0.244 e. The summed E-state index contributed by atoms with van der Waals surface area (Å²) in [6.45, 7) is 6.75. The predicted molar refractivity (Wildman–Crippen MR) is 84.7 cm³/mol. The van der Waals surface area contributed by atoms with Gasteiger partial charge in [0.25, 0.3) is 0 Å². The van der Waals surface area contributed by atoms with Crippen LogP contribution in [0.3, 0.4) is 0 Å². The molecule has 3 fully saturated rings. The maximum Gasteiger partial charge on any atom is 0.244 e. The monoisotopic (exact) mass is 296 g/mol. The third-order valence-electron chi connectivity index (χ3n) is 5.02. The van der Waals surface area contributed by atoms with Crippen LogP contribution in [-0.2, 0) is 4.79 Å². The maximum atomic E-state index is 12.9. The summed E-state index contributed by atoms with van der Waals surface area (Å²) in [5.74, 6) is 2.21. The summed E-state index contributed by atoms with van der Waals surface area (Å²) in [5.41, 5.74) is -0.149. The van der Waals surface area contributed by atoms with Crippen LogP contribution in [0.5, 0.6) is 0 Å². The Morgan fingerprint density at radius 3 is 2.75 bits per heavy atom. The van der Waals surface area contributed by atoms with Gasteiger partial charge in [0.15, 0.2) is 0 Å². The molecule has 2 aliphatic carbocycles. The Morgan fingerprint density at radius 2 is 2.15 bits per heavy atom. The van der Waals surface area contributed by atoms with Gasteiger partial charge in [0, 0.05) is 11.3 Å². The summed E-state index contributed by atoms with van der Waals surface area (Å²) in [4.78, 5) is 15.1. The Hall–Kier alpha value is -0.220. The Labute approximate surface area is 127 Å². The van der Waals surface area contributed by atoms with E-state index < -0.39 is 0 Å². The lowest BCUT2D eigenvalue weighted by Crippen LogP contribution is -2.47. The number of rotatable bonds is 5. The molecule has 1 aliphatic heterocycles. The molecular weight excluding hydrogens is 268 g/mol. The molecule has 3 rings (SSSR count). The van der Waals surface area contributed by atoms with Gasteiger partial charge in [0.2, 0.25) is 5.91 Å². The second kappa shape index (κ2) is 5.53. The van der Waals surface area contributed by atoms with E-state index in [2.05, 4.69) is 42.7 Å². The normalized spacial score (nSPS) is 35.5. The Kier molecular flexibility index (Phi) is 4.06. The van der Waals surface area contributed by atoms with E-state index in [9.17, 15) is 4.79 Å². The van der Waals surface area contributed by atoms with Crippen molar-refractivity contribution in [3.8, 4) is 0 Å². The number of carbonyl (C=O) groups excluding carboxylic acids is 1. The van der Waals surface area contributed by atoms with Crippen LogP contribution in [0.15, 0.2) is 0 Å². The van der Waals surface area contributed by atoms with Crippen molar-refractivity contribution in [2.24, 2.45) is 5.92 Å². The number of nitrogens with zero attached hydrogens (tertiary/aromatic N) is 1. The number of carbonyl (C=O) groups is 1. The molecule has 1 heterocycles. The molecule has 3 nitrogen and oxygen atoms in total. The zero-order valence-electron chi connectivity index (χ0n) is 13.0. The molecule has 0 aromatic rings. The maximum absolute atomic E-state index is 12.9. The molecule has 0 bridgehead atoms. The second-order valence-corrected chi connectivity index (χ2v) is 8.59. The highest BCUT2D eigenvalue weighted by atomic mass is 32.2. The van der Waals surface area contributed by atoms with Gasteiger partial charge in [-0.3, -0.25) is 10.1 Å². The van der Waals surface area contributed by atoms with Crippen LogP contribution in [0, 0.1) is 5.92 Å². The van der Waals surface area contributed by atoms with E-state index in [0.717, 1.165) is 25.0 Å². The Morgan fingerprint density at radius 1 is 1.40 bits per heavy atom. The Balaban J connectivity index is 1.78. The number of amides is 1. The van der Waals surface area contributed by atoms with Gasteiger partial charge in [0.05, 0.1) is 11.7 Å². The lowest BCUT2D eigenvalue weighted by Gasteiger charge is -2.34. The first-order valence-corrected chi connectivity index (χ1v) is 9.34. The van der Waals surface area contributed by atoms with Crippen molar-refractivity contribution >= 4 is 17.7 Å². The van der Waals surface area contributed by atoms with Gasteiger partial charge in [-0.2, -0.15) is 11.8 Å². The quantitative estimate of drug-likeness (QED) is 0.846. The molecule has 0 radical (unpaired) electrons. The zero-order valence-corrected chi connectivity index (χ0v) is 13.8. The summed E-state index contributed by atoms with van der Waals surface area (Å²) in [6.07, 6.45) is 7.25. The van der Waals surface area contributed by atoms with Crippen LogP contribution >= 0.6 is 11.8 Å². The average molecular weight is 296 g/mol. The van der Waals surface area contributed by atoms with Crippen LogP contribution in [0.1, 0.15) is 59.3 Å². The summed E-state index contributed by atoms with van der Waals surface area (Å²) >= 11 is 2.06. The standard InChI is InChI=1S/C16H28N2OS/c1-4-20-13-7-5-6-12(13)18-14(10-11(2)3)17-16(8-9-16)15(18)19/h11-14,17H,4-10H2,1-3H3.